The molecule has 0 aromatic carbocycles. The van der Waals surface area contributed by atoms with Crippen molar-refractivity contribution in [3.8, 4) is 0 Å². The van der Waals surface area contributed by atoms with Gasteiger partial charge in [-0.05, 0) is 24.3 Å². The summed E-state index contributed by atoms with van der Waals surface area (Å²) in [6.07, 6.45) is 5.18. The number of hydrogen-bond acceptors (Lipinski definition) is 3. The lowest BCUT2D eigenvalue weighted by Gasteiger charge is -1.89. The molecule has 0 fully saturated rings. The van der Waals surface area contributed by atoms with Crippen molar-refractivity contribution in [1.82, 2.24) is 4.98 Å². The average Bonchev–Trinajstić information content (AvgIpc) is 2.14. The van der Waals surface area contributed by atoms with E-state index in [1.165, 1.54) is 6.47 Å². The molecular weight excluding hydrogens is 154 g/mol. The van der Waals surface area contributed by atoms with Crippen molar-refractivity contribution < 1.29 is 9.53 Å². The minimum Gasteiger partial charge on any atom is -0.453 e. The molecule has 0 aliphatic rings. The molecule has 3 nitrogen and oxygen atoms in total. The largest absolute Gasteiger partial charge is 0.453 e. The van der Waals surface area contributed by atoms with Gasteiger partial charge in [-0.2, -0.15) is 0 Å². The predicted molar refractivity (Wildman–Crippen MR) is 44.9 cm³/mol. The monoisotopic (exact) mass is 162 g/mol. The lowest BCUT2D eigenvalue weighted by atomic mass is 10.3. The minimum atomic E-state index is 0.236. The summed E-state index contributed by atoms with van der Waals surface area (Å²) in [6.45, 7) is 1.57. The van der Waals surface area contributed by atoms with Gasteiger partial charge in [-0.15, -0.1) is 0 Å². The Bertz CT molecular complexity index is 256. The maximum atomic E-state index is 9.62. The van der Waals surface area contributed by atoms with E-state index in [0.717, 1.165) is 5.69 Å². The maximum absolute atomic E-state index is 9.62. The SMILES string of the molecule is O=[C]OCC=Cc1ccccn1. The first kappa shape index (κ1) is 8.46. The molecule has 0 saturated carbocycles. The van der Waals surface area contributed by atoms with Crippen LogP contribution in [0.25, 0.3) is 6.08 Å². The summed E-state index contributed by atoms with van der Waals surface area (Å²) in [5.41, 5.74) is 0.840. The molecule has 1 rings (SSSR count). The van der Waals surface area contributed by atoms with E-state index in [2.05, 4.69) is 9.72 Å². The Hall–Kier alpha value is -1.64. The van der Waals surface area contributed by atoms with E-state index in [-0.39, 0.29) is 6.61 Å². The van der Waals surface area contributed by atoms with Crippen LogP contribution in [0.1, 0.15) is 5.69 Å². The zero-order valence-electron chi connectivity index (χ0n) is 6.43. The van der Waals surface area contributed by atoms with Crippen LogP contribution in [0.3, 0.4) is 0 Å². The lowest BCUT2D eigenvalue weighted by Crippen LogP contribution is -1.85. The smallest absolute Gasteiger partial charge is 0.417 e. The molecule has 0 bridgehead atoms. The number of nitrogens with zero attached hydrogens (tertiary/aromatic N) is 1. The van der Waals surface area contributed by atoms with E-state index in [1.807, 2.05) is 18.2 Å². The molecule has 61 valence electrons. The van der Waals surface area contributed by atoms with Gasteiger partial charge in [-0.25, -0.2) is 4.79 Å². The van der Waals surface area contributed by atoms with Crippen LogP contribution in [0.2, 0.25) is 0 Å². The molecule has 1 heterocycles. The Labute approximate surface area is 70.7 Å². The molecule has 0 saturated heterocycles. The van der Waals surface area contributed by atoms with Crippen molar-refractivity contribution in [3.63, 3.8) is 0 Å². The van der Waals surface area contributed by atoms with Gasteiger partial charge in [0.1, 0.15) is 6.61 Å². The van der Waals surface area contributed by atoms with Crippen LogP contribution < -0.4 is 0 Å². The summed E-state index contributed by atoms with van der Waals surface area (Å²) in [7, 11) is 0. The van der Waals surface area contributed by atoms with E-state index < -0.39 is 0 Å². The van der Waals surface area contributed by atoms with Gasteiger partial charge in [0.05, 0.1) is 5.69 Å². The fraction of sp³-hybridized carbons (Fsp3) is 0.111. The van der Waals surface area contributed by atoms with Crippen molar-refractivity contribution in [2.45, 2.75) is 0 Å². The predicted octanol–water partition coefficient (Wildman–Crippen LogP) is 1.18. The highest BCUT2D eigenvalue weighted by Crippen LogP contribution is 1.95. The van der Waals surface area contributed by atoms with Gasteiger partial charge in [-0.3, -0.25) is 4.98 Å². The fourth-order valence-corrected chi connectivity index (χ4v) is 0.726. The quantitative estimate of drug-likeness (QED) is 0.624. The Morgan fingerprint density at radius 2 is 2.50 bits per heavy atom. The molecule has 3 heteroatoms. The summed E-state index contributed by atoms with van der Waals surface area (Å²) in [5, 5.41) is 0. The third kappa shape index (κ3) is 2.96. The Balaban J connectivity index is 2.41. The molecule has 12 heavy (non-hydrogen) atoms. The molecule has 0 amide bonds. The number of ether oxygens (including phenoxy) is 1. The van der Waals surface area contributed by atoms with Crippen LogP contribution in [0.5, 0.6) is 0 Å². The Morgan fingerprint density at radius 1 is 1.58 bits per heavy atom. The number of carbonyl (C=O) groups excluding carboxylic acids is 1. The summed E-state index contributed by atoms with van der Waals surface area (Å²) in [4.78, 5) is 13.7. The van der Waals surface area contributed by atoms with Gasteiger partial charge in [0.25, 0.3) is 0 Å². The van der Waals surface area contributed by atoms with E-state index in [1.54, 1.807) is 18.3 Å². The van der Waals surface area contributed by atoms with E-state index in [0.29, 0.717) is 0 Å². The maximum Gasteiger partial charge on any atom is 0.417 e. The van der Waals surface area contributed by atoms with Gasteiger partial charge in [0.2, 0.25) is 0 Å². The van der Waals surface area contributed by atoms with Crippen molar-refractivity contribution in [2.75, 3.05) is 6.61 Å². The van der Waals surface area contributed by atoms with Gasteiger partial charge in [0.15, 0.2) is 0 Å². The molecule has 0 atom stereocenters. The number of rotatable bonds is 4. The van der Waals surface area contributed by atoms with E-state index >= 15 is 0 Å². The third-order valence-corrected chi connectivity index (χ3v) is 1.21. The number of pyridine rings is 1. The topological polar surface area (TPSA) is 39.2 Å². The molecule has 0 spiro atoms. The van der Waals surface area contributed by atoms with Crippen molar-refractivity contribution in [2.24, 2.45) is 0 Å². The van der Waals surface area contributed by atoms with Crippen molar-refractivity contribution >= 4 is 12.5 Å². The first-order chi connectivity index (χ1) is 5.93. The van der Waals surface area contributed by atoms with E-state index in [4.69, 9.17) is 0 Å². The van der Waals surface area contributed by atoms with Crippen molar-refractivity contribution in [1.29, 1.82) is 0 Å². The summed E-state index contributed by atoms with van der Waals surface area (Å²) >= 11 is 0. The second kappa shape index (κ2) is 5.07. The number of aromatic nitrogens is 1. The normalized spacial score (nSPS) is 10.0. The van der Waals surface area contributed by atoms with Crippen LogP contribution in [0.4, 0.5) is 0 Å². The summed E-state index contributed by atoms with van der Waals surface area (Å²) in [6, 6.07) is 5.59. The second-order valence-electron chi connectivity index (χ2n) is 2.05. The van der Waals surface area contributed by atoms with Gasteiger partial charge >= 0.3 is 6.47 Å². The molecule has 1 radical (unpaired) electrons. The van der Waals surface area contributed by atoms with Gasteiger partial charge < -0.3 is 4.74 Å². The summed E-state index contributed by atoms with van der Waals surface area (Å²) < 4.78 is 4.34. The minimum absolute atomic E-state index is 0.236. The van der Waals surface area contributed by atoms with Gasteiger partial charge in [0, 0.05) is 6.20 Å². The van der Waals surface area contributed by atoms with E-state index in [9.17, 15) is 4.79 Å². The Morgan fingerprint density at radius 3 is 3.17 bits per heavy atom. The first-order valence-corrected chi connectivity index (χ1v) is 3.50. The van der Waals surface area contributed by atoms with Crippen LogP contribution in [-0.2, 0) is 9.53 Å². The third-order valence-electron chi connectivity index (χ3n) is 1.21. The molecule has 0 aliphatic carbocycles. The highest BCUT2D eigenvalue weighted by molar-refractivity contribution is 5.44. The highest BCUT2D eigenvalue weighted by Gasteiger charge is 1.83. The zero-order valence-corrected chi connectivity index (χ0v) is 6.43. The molecule has 0 N–H and O–H groups in total. The molecule has 0 unspecified atom stereocenters. The standard InChI is InChI=1S/C9H8NO2/c11-8-12-7-3-5-9-4-1-2-6-10-9/h1-6H,7H2. The highest BCUT2D eigenvalue weighted by atomic mass is 16.5. The van der Waals surface area contributed by atoms with Crippen LogP contribution in [0, 0.1) is 0 Å². The molecule has 1 aromatic heterocycles. The van der Waals surface area contributed by atoms with Crippen LogP contribution in [0.15, 0.2) is 30.5 Å². The second-order valence-corrected chi connectivity index (χ2v) is 2.05. The summed E-state index contributed by atoms with van der Waals surface area (Å²) in [5.74, 6) is 0. The molecule has 1 aromatic rings. The number of hydrogen-bond donors (Lipinski definition) is 0. The fourth-order valence-electron chi connectivity index (χ4n) is 0.726. The Kier molecular flexibility index (Phi) is 3.57. The first-order valence-electron chi connectivity index (χ1n) is 3.50. The molecule has 0 aliphatic heterocycles. The zero-order chi connectivity index (χ0) is 8.65. The molecular formula is C9H8NO2. The van der Waals surface area contributed by atoms with Crippen LogP contribution >= 0.6 is 0 Å². The van der Waals surface area contributed by atoms with Crippen LogP contribution in [-0.4, -0.2) is 18.1 Å². The van der Waals surface area contributed by atoms with Gasteiger partial charge in [-0.1, -0.05) is 6.07 Å². The van der Waals surface area contributed by atoms with Crippen molar-refractivity contribution in [3.05, 3.63) is 36.2 Å². The lowest BCUT2D eigenvalue weighted by molar-refractivity contribution is 0.314. The average molecular weight is 162 g/mol.